The number of hydrogen-bond donors (Lipinski definition) is 0. The fraction of sp³-hybridized carbons (Fsp3) is 0.538. The maximum atomic E-state index is 14.1. The van der Waals surface area contributed by atoms with Gasteiger partial charge in [-0.25, -0.2) is 4.39 Å². The summed E-state index contributed by atoms with van der Waals surface area (Å²) < 4.78 is 37.2. The van der Waals surface area contributed by atoms with Crippen LogP contribution in [0.15, 0.2) is 24.3 Å². The van der Waals surface area contributed by atoms with Crippen LogP contribution in [0.25, 0.3) is 0 Å². The molecule has 0 N–H and O–H groups in total. The standard InChI is InChI=1S/C13H16F2O2/c1-12(2,3)13(8-16-13)11(15)17-10-6-4-9(14)5-7-10/h4-7,11H,8H2,1-3H3. The maximum absolute atomic E-state index is 14.1. The quantitative estimate of drug-likeness (QED) is 0.758. The molecule has 94 valence electrons. The lowest BCUT2D eigenvalue weighted by Gasteiger charge is -2.30. The van der Waals surface area contributed by atoms with Crippen molar-refractivity contribution < 1.29 is 18.3 Å². The van der Waals surface area contributed by atoms with Gasteiger partial charge < -0.3 is 9.47 Å². The molecule has 1 aliphatic heterocycles. The normalized spacial score (nSPS) is 25.5. The Hall–Kier alpha value is -1.16. The maximum Gasteiger partial charge on any atom is 0.269 e. The Morgan fingerprint density at radius 3 is 2.24 bits per heavy atom. The van der Waals surface area contributed by atoms with Crippen molar-refractivity contribution in [1.29, 1.82) is 0 Å². The van der Waals surface area contributed by atoms with Crippen LogP contribution in [0.1, 0.15) is 20.8 Å². The number of ether oxygens (including phenoxy) is 2. The largest absolute Gasteiger partial charge is 0.457 e. The fourth-order valence-electron chi connectivity index (χ4n) is 1.71. The highest BCUT2D eigenvalue weighted by Gasteiger charge is 2.62. The van der Waals surface area contributed by atoms with Crippen molar-refractivity contribution in [2.75, 3.05) is 6.61 Å². The zero-order valence-electron chi connectivity index (χ0n) is 10.2. The smallest absolute Gasteiger partial charge is 0.269 e. The molecule has 2 atom stereocenters. The molecule has 2 nitrogen and oxygen atoms in total. The second kappa shape index (κ2) is 3.95. The minimum Gasteiger partial charge on any atom is -0.457 e. The van der Waals surface area contributed by atoms with Gasteiger partial charge in [0.25, 0.3) is 6.36 Å². The highest BCUT2D eigenvalue weighted by Crippen LogP contribution is 2.48. The van der Waals surface area contributed by atoms with Gasteiger partial charge in [0, 0.05) is 0 Å². The highest BCUT2D eigenvalue weighted by atomic mass is 19.1. The molecule has 17 heavy (non-hydrogen) atoms. The average molecular weight is 242 g/mol. The molecule has 0 radical (unpaired) electrons. The monoisotopic (exact) mass is 242 g/mol. The topological polar surface area (TPSA) is 21.8 Å². The van der Waals surface area contributed by atoms with Crippen molar-refractivity contribution >= 4 is 0 Å². The van der Waals surface area contributed by atoms with E-state index in [1.807, 2.05) is 20.8 Å². The zero-order valence-corrected chi connectivity index (χ0v) is 10.2. The molecule has 1 aromatic carbocycles. The van der Waals surface area contributed by atoms with Crippen molar-refractivity contribution in [3.8, 4) is 5.75 Å². The molecule has 0 amide bonds. The average Bonchev–Trinajstić information content (AvgIpc) is 3.01. The summed E-state index contributed by atoms with van der Waals surface area (Å²) in [5, 5.41) is 0. The Bertz CT molecular complexity index is 391. The molecule has 4 heteroatoms. The zero-order chi connectivity index (χ0) is 12.7. The van der Waals surface area contributed by atoms with Crippen molar-refractivity contribution in [3.05, 3.63) is 30.1 Å². The lowest BCUT2D eigenvalue weighted by molar-refractivity contribution is -0.0544. The number of halogens is 2. The van der Waals surface area contributed by atoms with Crippen LogP contribution in [0.2, 0.25) is 0 Å². The van der Waals surface area contributed by atoms with Gasteiger partial charge in [-0.05, 0) is 29.7 Å². The number of epoxide rings is 1. The predicted octanol–water partition coefficient (Wildman–Crippen LogP) is 3.32. The van der Waals surface area contributed by atoms with Crippen molar-refractivity contribution in [1.82, 2.24) is 0 Å². The van der Waals surface area contributed by atoms with Gasteiger partial charge in [0.15, 0.2) is 5.60 Å². The van der Waals surface area contributed by atoms with Crippen LogP contribution in [0.3, 0.4) is 0 Å². The Morgan fingerprint density at radius 2 is 1.82 bits per heavy atom. The van der Waals surface area contributed by atoms with E-state index in [0.29, 0.717) is 12.4 Å². The summed E-state index contributed by atoms with van der Waals surface area (Å²) in [6.45, 7) is 6.06. The highest BCUT2D eigenvalue weighted by molar-refractivity contribution is 5.23. The van der Waals surface area contributed by atoms with Crippen molar-refractivity contribution in [2.24, 2.45) is 5.41 Å². The SMILES string of the molecule is CC(C)(C)C1(C(F)Oc2ccc(F)cc2)CO1. The van der Waals surface area contributed by atoms with E-state index in [-0.39, 0.29) is 11.2 Å². The van der Waals surface area contributed by atoms with Crippen molar-refractivity contribution in [3.63, 3.8) is 0 Å². The van der Waals surface area contributed by atoms with Gasteiger partial charge in [-0.15, -0.1) is 0 Å². The number of hydrogen-bond acceptors (Lipinski definition) is 2. The van der Waals surface area contributed by atoms with Crippen molar-refractivity contribution in [2.45, 2.75) is 32.7 Å². The van der Waals surface area contributed by atoms with Gasteiger partial charge in [-0.2, -0.15) is 4.39 Å². The van der Waals surface area contributed by atoms with Crippen LogP contribution in [0.5, 0.6) is 5.75 Å². The van der Waals surface area contributed by atoms with E-state index in [1.165, 1.54) is 24.3 Å². The molecule has 0 spiro atoms. The molecular formula is C13H16F2O2. The molecule has 0 saturated carbocycles. The second-order valence-corrected chi connectivity index (χ2v) is 5.32. The van der Waals surface area contributed by atoms with E-state index in [2.05, 4.69) is 0 Å². The Kier molecular flexibility index (Phi) is 2.86. The Balaban J connectivity index is 2.07. The summed E-state index contributed by atoms with van der Waals surface area (Å²) in [6, 6.07) is 5.28. The van der Waals surface area contributed by atoms with Gasteiger partial charge in [0.2, 0.25) is 0 Å². The summed E-state index contributed by atoms with van der Waals surface area (Å²) in [5.41, 5.74) is -1.23. The van der Waals surface area contributed by atoms with Crippen LogP contribution in [0.4, 0.5) is 8.78 Å². The molecule has 1 aromatic rings. The predicted molar refractivity (Wildman–Crippen MR) is 60.1 cm³/mol. The van der Waals surface area contributed by atoms with E-state index in [0.717, 1.165) is 0 Å². The third-order valence-electron chi connectivity index (χ3n) is 3.14. The summed E-state index contributed by atoms with van der Waals surface area (Å²) in [5.74, 6) is -0.0704. The van der Waals surface area contributed by atoms with Gasteiger partial charge in [0.1, 0.15) is 11.6 Å². The molecule has 0 bridgehead atoms. The van der Waals surface area contributed by atoms with Gasteiger partial charge in [0.05, 0.1) is 6.61 Å². The molecule has 2 unspecified atom stereocenters. The molecule has 2 rings (SSSR count). The lowest BCUT2D eigenvalue weighted by Crippen LogP contribution is -2.42. The van der Waals surface area contributed by atoms with Crippen LogP contribution in [-0.2, 0) is 4.74 Å². The van der Waals surface area contributed by atoms with E-state index < -0.39 is 12.0 Å². The molecular weight excluding hydrogens is 226 g/mol. The third-order valence-corrected chi connectivity index (χ3v) is 3.14. The first kappa shape index (κ1) is 12.3. The third kappa shape index (κ3) is 2.27. The molecule has 1 saturated heterocycles. The van der Waals surface area contributed by atoms with Crippen LogP contribution in [-0.4, -0.2) is 18.6 Å². The second-order valence-electron chi connectivity index (χ2n) is 5.32. The summed E-state index contributed by atoms with van der Waals surface area (Å²) in [4.78, 5) is 0. The van der Waals surface area contributed by atoms with Gasteiger partial charge in [-0.3, -0.25) is 0 Å². The molecule has 0 aliphatic carbocycles. The number of alkyl halides is 1. The Labute approximate surface area is 99.5 Å². The summed E-state index contributed by atoms with van der Waals surface area (Å²) in [7, 11) is 0. The van der Waals surface area contributed by atoms with E-state index in [4.69, 9.17) is 9.47 Å². The fourth-order valence-corrected chi connectivity index (χ4v) is 1.71. The first-order valence-corrected chi connectivity index (χ1v) is 5.55. The first-order valence-electron chi connectivity index (χ1n) is 5.55. The number of rotatable bonds is 3. The molecule has 1 fully saturated rings. The van der Waals surface area contributed by atoms with Crippen LogP contribution >= 0.6 is 0 Å². The van der Waals surface area contributed by atoms with E-state index in [1.54, 1.807) is 0 Å². The number of benzene rings is 1. The van der Waals surface area contributed by atoms with Crippen LogP contribution in [0, 0.1) is 11.2 Å². The molecule has 1 aliphatic rings. The minimum absolute atomic E-state index is 0.304. The Morgan fingerprint density at radius 1 is 1.29 bits per heavy atom. The minimum atomic E-state index is -1.55. The van der Waals surface area contributed by atoms with E-state index >= 15 is 0 Å². The van der Waals surface area contributed by atoms with Gasteiger partial charge in [-0.1, -0.05) is 20.8 Å². The molecule has 0 aromatic heterocycles. The molecule has 1 heterocycles. The summed E-state index contributed by atoms with van der Waals surface area (Å²) >= 11 is 0. The van der Waals surface area contributed by atoms with Crippen LogP contribution < -0.4 is 4.74 Å². The lowest BCUT2D eigenvalue weighted by atomic mass is 9.81. The summed E-state index contributed by atoms with van der Waals surface area (Å²) in [6.07, 6.45) is -1.55. The first-order chi connectivity index (χ1) is 7.85. The van der Waals surface area contributed by atoms with Gasteiger partial charge >= 0.3 is 0 Å². The van der Waals surface area contributed by atoms with E-state index in [9.17, 15) is 8.78 Å².